The van der Waals surface area contributed by atoms with Gasteiger partial charge in [-0.3, -0.25) is 4.79 Å². The highest BCUT2D eigenvalue weighted by atomic mass is 19.1. The van der Waals surface area contributed by atoms with Gasteiger partial charge in [0, 0.05) is 26.2 Å². The van der Waals surface area contributed by atoms with E-state index in [1.807, 2.05) is 24.1 Å². The average Bonchev–Trinajstić information content (AvgIpc) is 2.61. The molecule has 6 heteroatoms. The second-order valence-electron chi connectivity index (χ2n) is 6.58. The molecule has 0 bridgehead atoms. The summed E-state index contributed by atoms with van der Waals surface area (Å²) < 4.78 is 25.1. The van der Waals surface area contributed by atoms with Crippen LogP contribution in [0.15, 0.2) is 18.2 Å². The third-order valence-corrected chi connectivity index (χ3v) is 5.00. The van der Waals surface area contributed by atoms with Gasteiger partial charge in [0.15, 0.2) is 11.6 Å². The largest absolute Gasteiger partial charge is 0.494 e. The number of benzene rings is 1. The van der Waals surface area contributed by atoms with Crippen molar-refractivity contribution in [3.63, 3.8) is 0 Å². The van der Waals surface area contributed by atoms with Crippen LogP contribution in [-0.4, -0.2) is 68.8 Å². The van der Waals surface area contributed by atoms with Gasteiger partial charge < -0.3 is 19.3 Å². The van der Waals surface area contributed by atoms with Crippen LogP contribution >= 0.6 is 0 Å². The van der Waals surface area contributed by atoms with Gasteiger partial charge in [-0.2, -0.15) is 0 Å². The molecule has 2 aliphatic rings. The van der Waals surface area contributed by atoms with Crippen molar-refractivity contribution in [2.45, 2.75) is 24.9 Å². The molecule has 0 saturated carbocycles. The fraction of sp³-hybridized carbons (Fsp3) is 0.611. The van der Waals surface area contributed by atoms with Crippen molar-refractivity contribution in [3.8, 4) is 5.75 Å². The monoisotopic (exact) mass is 336 g/mol. The Hall–Kier alpha value is -1.66. The Morgan fingerprint density at radius 3 is 2.71 bits per heavy atom. The molecular weight excluding hydrogens is 311 g/mol. The second-order valence-corrected chi connectivity index (χ2v) is 6.58. The smallest absolute Gasteiger partial charge is 0.253 e. The fourth-order valence-corrected chi connectivity index (χ4v) is 3.54. The number of hydrogen-bond acceptors (Lipinski definition) is 4. The summed E-state index contributed by atoms with van der Waals surface area (Å²) in [6, 6.07) is 5.27. The van der Waals surface area contributed by atoms with E-state index in [-0.39, 0.29) is 29.5 Å². The Morgan fingerprint density at radius 1 is 1.29 bits per heavy atom. The topological polar surface area (TPSA) is 42.0 Å². The van der Waals surface area contributed by atoms with Gasteiger partial charge in [0.1, 0.15) is 6.10 Å². The molecule has 132 valence electrons. The third kappa shape index (κ3) is 3.54. The van der Waals surface area contributed by atoms with Crippen LogP contribution in [0.1, 0.15) is 24.3 Å². The zero-order valence-electron chi connectivity index (χ0n) is 14.3. The van der Waals surface area contributed by atoms with Gasteiger partial charge >= 0.3 is 0 Å². The molecule has 1 aromatic carbocycles. The van der Waals surface area contributed by atoms with E-state index in [4.69, 9.17) is 9.47 Å². The van der Waals surface area contributed by atoms with Crippen LogP contribution < -0.4 is 4.74 Å². The molecule has 2 saturated heterocycles. The number of rotatable bonds is 3. The molecule has 2 fully saturated rings. The lowest BCUT2D eigenvalue weighted by molar-refractivity contribution is -0.149. The predicted molar refractivity (Wildman–Crippen MR) is 88.7 cm³/mol. The van der Waals surface area contributed by atoms with Gasteiger partial charge in [0.25, 0.3) is 5.91 Å². The van der Waals surface area contributed by atoms with Crippen LogP contribution in [0.2, 0.25) is 0 Å². The molecule has 5 nitrogen and oxygen atoms in total. The highest BCUT2D eigenvalue weighted by Crippen LogP contribution is 2.33. The van der Waals surface area contributed by atoms with E-state index in [0.29, 0.717) is 31.8 Å². The van der Waals surface area contributed by atoms with Gasteiger partial charge in [-0.1, -0.05) is 12.1 Å². The summed E-state index contributed by atoms with van der Waals surface area (Å²) in [6.07, 6.45) is 1.16. The zero-order chi connectivity index (χ0) is 17.1. The van der Waals surface area contributed by atoms with Crippen LogP contribution in [0, 0.1) is 5.82 Å². The van der Waals surface area contributed by atoms with E-state index in [1.54, 1.807) is 6.07 Å². The summed E-state index contributed by atoms with van der Waals surface area (Å²) in [4.78, 5) is 16.6. The molecule has 1 atom stereocenters. The molecule has 1 aromatic rings. The van der Waals surface area contributed by atoms with E-state index >= 15 is 0 Å². The number of carbonyl (C=O) groups is 1. The van der Waals surface area contributed by atoms with Gasteiger partial charge in [0.2, 0.25) is 0 Å². The molecule has 1 amide bonds. The molecule has 3 rings (SSSR count). The molecule has 1 unspecified atom stereocenters. The lowest BCUT2D eigenvalue weighted by Gasteiger charge is -2.37. The van der Waals surface area contributed by atoms with Gasteiger partial charge in [-0.15, -0.1) is 0 Å². The number of halogens is 1. The summed E-state index contributed by atoms with van der Waals surface area (Å²) in [5.74, 6) is 0.192. The third-order valence-electron chi connectivity index (χ3n) is 5.00. The number of methoxy groups -OCH3 is 1. The maximum Gasteiger partial charge on any atom is 0.253 e. The van der Waals surface area contributed by atoms with Gasteiger partial charge in [0.05, 0.1) is 13.7 Å². The maximum atomic E-state index is 14.4. The minimum absolute atomic E-state index is 0.0612. The first-order chi connectivity index (χ1) is 11.6. The number of ether oxygens (including phenoxy) is 2. The molecule has 0 aromatic heterocycles. The average molecular weight is 336 g/mol. The summed E-state index contributed by atoms with van der Waals surface area (Å²) in [5, 5.41) is 0. The minimum atomic E-state index is -0.367. The Kier molecular flexibility index (Phi) is 5.36. The van der Waals surface area contributed by atoms with Crippen molar-refractivity contribution >= 4 is 5.91 Å². The molecule has 0 N–H and O–H groups in total. The SMILES string of the molecule is COc1cccc(C2CCN(C(=O)C3CN(C)CCO3)CC2)c1F. The Labute approximate surface area is 142 Å². The highest BCUT2D eigenvalue weighted by Gasteiger charge is 2.32. The van der Waals surface area contributed by atoms with Crippen molar-refractivity contribution in [2.75, 3.05) is 46.9 Å². The van der Waals surface area contributed by atoms with Crippen molar-refractivity contribution in [3.05, 3.63) is 29.6 Å². The normalized spacial score (nSPS) is 23.3. The molecule has 2 heterocycles. The Bertz CT molecular complexity index is 588. The van der Waals surface area contributed by atoms with Gasteiger partial charge in [-0.25, -0.2) is 4.39 Å². The first-order valence-corrected chi connectivity index (χ1v) is 8.51. The van der Waals surface area contributed by atoms with E-state index in [9.17, 15) is 9.18 Å². The number of nitrogens with zero attached hydrogens (tertiary/aromatic N) is 2. The summed E-state index contributed by atoms with van der Waals surface area (Å²) >= 11 is 0. The van der Waals surface area contributed by atoms with Crippen LogP contribution in [0.4, 0.5) is 4.39 Å². The van der Waals surface area contributed by atoms with Crippen LogP contribution in [0.5, 0.6) is 5.75 Å². The molecular formula is C18H25FN2O3. The molecule has 0 spiro atoms. The highest BCUT2D eigenvalue weighted by molar-refractivity contribution is 5.81. The number of carbonyl (C=O) groups excluding carboxylic acids is 1. The number of hydrogen-bond donors (Lipinski definition) is 0. The minimum Gasteiger partial charge on any atom is -0.494 e. The number of amides is 1. The van der Waals surface area contributed by atoms with Crippen LogP contribution in [0.25, 0.3) is 0 Å². The fourth-order valence-electron chi connectivity index (χ4n) is 3.54. The quantitative estimate of drug-likeness (QED) is 0.845. The zero-order valence-corrected chi connectivity index (χ0v) is 14.3. The number of likely N-dealkylation sites (N-methyl/N-ethyl adjacent to an activating group) is 1. The maximum absolute atomic E-state index is 14.4. The van der Waals surface area contributed by atoms with E-state index in [2.05, 4.69) is 4.90 Å². The molecule has 2 aliphatic heterocycles. The lowest BCUT2D eigenvalue weighted by atomic mass is 9.88. The van der Waals surface area contributed by atoms with Crippen molar-refractivity contribution in [2.24, 2.45) is 0 Å². The number of morpholine rings is 1. The molecule has 0 aliphatic carbocycles. The Morgan fingerprint density at radius 2 is 2.04 bits per heavy atom. The van der Waals surface area contributed by atoms with E-state index in [1.165, 1.54) is 7.11 Å². The van der Waals surface area contributed by atoms with Crippen molar-refractivity contribution < 1.29 is 18.7 Å². The van der Waals surface area contributed by atoms with Crippen molar-refractivity contribution in [1.82, 2.24) is 9.80 Å². The van der Waals surface area contributed by atoms with E-state index in [0.717, 1.165) is 19.4 Å². The Balaban J connectivity index is 1.60. The van der Waals surface area contributed by atoms with Crippen LogP contribution in [-0.2, 0) is 9.53 Å². The van der Waals surface area contributed by atoms with Crippen LogP contribution in [0.3, 0.4) is 0 Å². The number of likely N-dealkylation sites (tertiary alicyclic amines) is 1. The lowest BCUT2D eigenvalue weighted by Crippen LogP contribution is -2.51. The molecule has 0 radical (unpaired) electrons. The standard InChI is InChI=1S/C18H25FN2O3/c1-20-10-11-24-16(12-20)18(22)21-8-6-13(7-9-21)14-4-3-5-15(23-2)17(14)19/h3-5,13,16H,6-12H2,1-2H3. The van der Waals surface area contributed by atoms with Crippen molar-refractivity contribution in [1.29, 1.82) is 0 Å². The summed E-state index contributed by atoms with van der Waals surface area (Å²) in [6.45, 7) is 3.39. The predicted octanol–water partition coefficient (Wildman–Crippen LogP) is 1.87. The van der Waals surface area contributed by atoms with E-state index < -0.39 is 0 Å². The summed E-state index contributed by atoms with van der Waals surface area (Å²) in [5.41, 5.74) is 0.690. The number of piperidine rings is 1. The second kappa shape index (κ2) is 7.49. The molecule has 24 heavy (non-hydrogen) atoms. The van der Waals surface area contributed by atoms with Gasteiger partial charge in [-0.05, 0) is 37.4 Å². The first kappa shape index (κ1) is 17.2. The summed E-state index contributed by atoms with van der Waals surface area (Å²) in [7, 11) is 3.48. The first-order valence-electron chi connectivity index (χ1n) is 8.51.